The SMILES string of the molecule is Cc1cn[nH]c1C1CCCN1C(=O)CN1CCOCC1. The third kappa shape index (κ3) is 2.71. The molecular formula is C14H22N4O2. The van der Waals surface area contributed by atoms with E-state index in [0.717, 1.165) is 56.9 Å². The molecule has 0 aliphatic carbocycles. The molecule has 2 saturated heterocycles. The number of aryl methyl sites for hydroxylation is 1. The molecule has 0 bridgehead atoms. The molecule has 20 heavy (non-hydrogen) atoms. The van der Waals surface area contributed by atoms with Crippen molar-refractivity contribution in [3.05, 3.63) is 17.5 Å². The minimum absolute atomic E-state index is 0.172. The Hall–Kier alpha value is -1.40. The predicted octanol–water partition coefficient (Wildman–Crippen LogP) is 0.714. The summed E-state index contributed by atoms with van der Waals surface area (Å²) < 4.78 is 5.32. The first kappa shape index (κ1) is 13.6. The fourth-order valence-corrected chi connectivity index (χ4v) is 3.10. The van der Waals surface area contributed by atoms with Crippen molar-refractivity contribution in [3.8, 4) is 0 Å². The Morgan fingerprint density at radius 2 is 2.25 bits per heavy atom. The second-order valence-electron chi connectivity index (χ2n) is 5.60. The van der Waals surface area contributed by atoms with E-state index in [4.69, 9.17) is 4.74 Å². The van der Waals surface area contributed by atoms with Crippen LogP contribution in [-0.2, 0) is 9.53 Å². The highest BCUT2D eigenvalue weighted by atomic mass is 16.5. The molecule has 3 rings (SSSR count). The van der Waals surface area contributed by atoms with Gasteiger partial charge in [-0.05, 0) is 25.3 Å². The summed E-state index contributed by atoms with van der Waals surface area (Å²) in [6, 6.07) is 0.172. The Bertz CT molecular complexity index is 467. The van der Waals surface area contributed by atoms with E-state index in [2.05, 4.69) is 15.1 Å². The van der Waals surface area contributed by atoms with Crippen molar-refractivity contribution in [2.45, 2.75) is 25.8 Å². The zero-order valence-corrected chi connectivity index (χ0v) is 12.0. The van der Waals surface area contributed by atoms with Crippen LogP contribution in [0.5, 0.6) is 0 Å². The van der Waals surface area contributed by atoms with Crippen LogP contribution < -0.4 is 0 Å². The standard InChI is InChI=1S/C14H22N4O2/c1-11-9-15-16-14(11)12-3-2-4-18(12)13(19)10-17-5-7-20-8-6-17/h9,12H,2-8,10H2,1H3,(H,15,16). The van der Waals surface area contributed by atoms with Crippen molar-refractivity contribution in [2.75, 3.05) is 39.4 Å². The number of nitrogens with one attached hydrogen (secondary N) is 1. The number of hydrogen-bond donors (Lipinski definition) is 1. The van der Waals surface area contributed by atoms with E-state index in [1.807, 2.05) is 18.0 Å². The molecule has 3 heterocycles. The summed E-state index contributed by atoms with van der Waals surface area (Å²) in [6.45, 7) is 6.58. The number of aromatic amines is 1. The van der Waals surface area contributed by atoms with E-state index in [9.17, 15) is 4.79 Å². The average molecular weight is 278 g/mol. The van der Waals surface area contributed by atoms with Crippen LogP contribution in [0.15, 0.2) is 6.20 Å². The molecule has 6 heteroatoms. The van der Waals surface area contributed by atoms with Gasteiger partial charge in [0.2, 0.25) is 5.91 Å². The minimum atomic E-state index is 0.172. The topological polar surface area (TPSA) is 61.5 Å². The van der Waals surface area contributed by atoms with Gasteiger partial charge >= 0.3 is 0 Å². The van der Waals surface area contributed by atoms with Crippen LogP contribution in [-0.4, -0.2) is 65.3 Å². The van der Waals surface area contributed by atoms with Crippen LogP contribution in [0.25, 0.3) is 0 Å². The Balaban J connectivity index is 1.65. The highest BCUT2D eigenvalue weighted by Gasteiger charge is 2.32. The molecule has 0 saturated carbocycles. The van der Waals surface area contributed by atoms with Crippen LogP contribution in [0, 0.1) is 6.92 Å². The Morgan fingerprint density at radius 3 is 2.95 bits per heavy atom. The number of likely N-dealkylation sites (tertiary alicyclic amines) is 1. The Morgan fingerprint density at radius 1 is 1.45 bits per heavy atom. The number of nitrogens with zero attached hydrogens (tertiary/aromatic N) is 3. The molecule has 1 N–H and O–H groups in total. The van der Waals surface area contributed by atoms with E-state index in [1.54, 1.807) is 0 Å². The number of rotatable bonds is 3. The van der Waals surface area contributed by atoms with Gasteiger partial charge in [0.05, 0.1) is 37.7 Å². The highest BCUT2D eigenvalue weighted by Crippen LogP contribution is 2.32. The second-order valence-corrected chi connectivity index (χ2v) is 5.60. The first-order chi connectivity index (χ1) is 9.75. The number of amides is 1. The average Bonchev–Trinajstić information content (AvgIpc) is 3.07. The van der Waals surface area contributed by atoms with E-state index >= 15 is 0 Å². The van der Waals surface area contributed by atoms with Gasteiger partial charge in [0.15, 0.2) is 0 Å². The lowest BCUT2D eigenvalue weighted by atomic mass is 10.1. The van der Waals surface area contributed by atoms with Gasteiger partial charge in [-0.15, -0.1) is 0 Å². The summed E-state index contributed by atoms with van der Waals surface area (Å²) in [4.78, 5) is 16.7. The number of aromatic nitrogens is 2. The molecule has 0 aromatic carbocycles. The van der Waals surface area contributed by atoms with Gasteiger partial charge in [0.1, 0.15) is 0 Å². The lowest BCUT2D eigenvalue weighted by Crippen LogP contribution is -2.44. The number of H-pyrrole nitrogens is 1. The maximum atomic E-state index is 12.5. The second kappa shape index (κ2) is 5.93. The maximum Gasteiger partial charge on any atom is 0.237 e. The first-order valence-electron chi connectivity index (χ1n) is 7.35. The van der Waals surface area contributed by atoms with E-state index in [0.29, 0.717) is 6.54 Å². The molecular weight excluding hydrogens is 256 g/mol. The van der Waals surface area contributed by atoms with E-state index < -0.39 is 0 Å². The lowest BCUT2D eigenvalue weighted by molar-refractivity contribution is -0.134. The fraction of sp³-hybridized carbons (Fsp3) is 0.714. The normalized spacial score (nSPS) is 24.2. The summed E-state index contributed by atoms with van der Waals surface area (Å²) in [6.07, 6.45) is 3.92. The summed E-state index contributed by atoms with van der Waals surface area (Å²) in [5.41, 5.74) is 2.24. The molecule has 1 atom stereocenters. The quantitative estimate of drug-likeness (QED) is 0.885. The van der Waals surface area contributed by atoms with Crippen molar-refractivity contribution in [3.63, 3.8) is 0 Å². The van der Waals surface area contributed by atoms with Crippen LogP contribution >= 0.6 is 0 Å². The van der Waals surface area contributed by atoms with Gasteiger partial charge < -0.3 is 9.64 Å². The molecule has 2 fully saturated rings. The van der Waals surface area contributed by atoms with Crippen LogP contribution in [0.4, 0.5) is 0 Å². The smallest absolute Gasteiger partial charge is 0.237 e. The van der Waals surface area contributed by atoms with Gasteiger partial charge in [-0.3, -0.25) is 14.8 Å². The predicted molar refractivity (Wildman–Crippen MR) is 74.3 cm³/mol. The van der Waals surface area contributed by atoms with Crippen LogP contribution in [0.2, 0.25) is 0 Å². The molecule has 2 aliphatic rings. The number of morpholine rings is 1. The van der Waals surface area contributed by atoms with Crippen molar-refractivity contribution < 1.29 is 9.53 Å². The van der Waals surface area contributed by atoms with Crippen molar-refractivity contribution >= 4 is 5.91 Å². The van der Waals surface area contributed by atoms with E-state index in [-0.39, 0.29) is 11.9 Å². The largest absolute Gasteiger partial charge is 0.379 e. The zero-order chi connectivity index (χ0) is 13.9. The molecule has 0 radical (unpaired) electrons. The summed E-state index contributed by atoms with van der Waals surface area (Å²) in [5.74, 6) is 0.225. The summed E-state index contributed by atoms with van der Waals surface area (Å²) in [5, 5.41) is 7.14. The van der Waals surface area contributed by atoms with Crippen molar-refractivity contribution in [1.29, 1.82) is 0 Å². The highest BCUT2D eigenvalue weighted by molar-refractivity contribution is 5.79. The summed E-state index contributed by atoms with van der Waals surface area (Å²) in [7, 11) is 0. The molecule has 2 aliphatic heterocycles. The Kier molecular flexibility index (Phi) is 4.03. The van der Waals surface area contributed by atoms with Gasteiger partial charge in [0.25, 0.3) is 0 Å². The maximum absolute atomic E-state index is 12.5. The number of carbonyl (C=O) groups is 1. The molecule has 6 nitrogen and oxygen atoms in total. The van der Waals surface area contributed by atoms with Crippen molar-refractivity contribution in [2.24, 2.45) is 0 Å². The minimum Gasteiger partial charge on any atom is -0.379 e. The Labute approximate surface area is 119 Å². The van der Waals surface area contributed by atoms with Gasteiger partial charge in [-0.25, -0.2) is 0 Å². The van der Waals surface area contributed by atoms with Gasteiger partial charge in [-0.2, -0.15) is 5.10 Å². The number of ether oxygens (including phenoxy) is 1. The third-order valence-electron chi connectivity index (χ3n) is 4.24. The molecule has 0 spiro atoms. The van der Waals surface area contributed by atoms with Crippen LogP contribution in [0.1, 0.15) is 30.1 Å². The summed E-state index contributed by atoms with van der Waals surface area (Å²) >= 11 is 0. The lowest BCUT2D eigenvalue weighted by Gasteiger charge is -2.30. The molecule has 110 valence electrons. The molecule has 1 aromatic rings. The van der Waals surface area contributed by atoms with Crippen molar-refractivity contribution in [1.82, 2.24) is 20.0 Å². The number of hydrogen-bond acceptors (Lipinski definition) is 4. The van der Waals surface area contributed by atoms with Gasteiger partial charge in [0, 0.05) is 19.6 Å². The number of carbonyl (C=O) groups excluding carboxylic acids is 1. The first-order valence-corrected chi connectivity index (χ1v) is 7.35. The monoisotopic (exact) mass is 278 g/mol. The molecule has 1 aromatic heterocycles. The van der Waals surface area contributed by atoms with E-state index in [1.165, 1.54) is 0 Å². The van der Waals surface area contributed by atoms with Crippen LogP contribution in [0.3, 0.4) is 0 Å². The molecule has 1 unspecified atom stereocenters. The molecule has 1 amide bonds. The van der Waals surface area contributed by atoms with Gasteiger partial charge in [-0.1, -0.05) is 0 Å². The zero-order valence-electron chi connectivity index (χ0n) is 12.0. The fourth-order valence-electron chi connectivity index (χ4n) is 3.10. The third-order valence-corrected chi connectivity index (χ3v) is 4.24.